The number of carbonyl (C=O) groups is 2. The summed E-state index contributed by atoms with van der Waals surface area (Å²) in [4.78, 5) is 27.9. The van der Waals surface area contributed by atoms with Crippen molar-refractivity contribution in [2.75, 3.05) is 19.6 Å². The number of urea groups is 1. The SMILES string of the molecule is NC(=O)N1CCC[C@H](C(=O)N2CCC[C@H]3CCC[C@@H]32)C1. The lowest BCUT2D eigenvalue weighted by Crippen LogP contribution is -2.52. The van der Waals surface area contributed by atoms with E-state index in [9.17, 15) is 9.59 Å². The van der Waals surface area contributed by atoms with Crippen molar-refractivity contribution in [1.29, 1.82) is 0 Å². The zero-order chi connectivity index (χ0) is 14.1. The van der Waals surface area contributed by atoms with E-state index in [4.69, 9.17) is 5.73 Å². The molecule has 2 aliphatic heterocycles. The van der Waals surface area contributed by atoms with Gasteiger partial charge in [0.2, 0.25) is 5.91 Å². The monoisotopic (exact) mass is 279 g/mol. The molecule has 0 aromatic heterocycles. The van der Waals surface area contributed by atoms with E-state index in [0.29, 0.717) is 19.1 Å². The molecule has 0 aromatic carbocycles. The van der Waals surface area contributed by atoms with Crippen molar-refractivity contribution >= 4 is 11.9 Å². The maximum absolute atomic E-state index is 12.8. The largest absolute Gasteiger partial charge is 0.351 e. The number of rotatable bonds is 1. The second-order valence-corrected chi connectivity index (χ2v) is 6.56. The lowest BCUT2D eigenvalue weighted by atomic mass is 9.89. The number of primary amides is 1. The molecule has 1 saturated carbocycles. The van der Waals surface area contributed by atoms with Crippen LogP contribution in [-0.2, 0) is 4.79 Å². The minimum atomic E-state index is -0.389. The van der Waals surface area contributed by atoms with Crippen molar-refractivity contribution in [1.82, 2.24) is 9.80 Å². The number of likely N-dealkylation sites (tertiary alicyclic amines) is 2. The Balaban J connectivity index is 1.66. The molecular formula is C15H25N3O2. The Labute approximate surface area is 120 Å². The van der Waals surface area contributed by atoms with Gasteiger partial charge in [0, 0.05) is 25.7 Å². The van der Waals surface area contributed by atoms with Crippen LogP contribution >= 0.6 is 0 Å². The first-order valence-electron chi connectivity index (χ1n) is 8.01. The van der Waals surface area contributed by atoms with Crippen LogP contribution in [0.4, 0.5) is 4.79 Å². The van der Waals surface area contributed by atoms with Gasteiger partial charge in [0.1, 0.15) is 0 Å². The Morgan fingerprint density at radius 1 is 0.950 bits per heavy atom. The molecular weight excluding hydrogens is 254 g/mol. The topological polar surface area (TPSA) is 66.6 Å². The number of nitrogens with zero attached hydrogens (tertiary/aromatic N) is 2. The molecule has 3 atom stereocenters. The normalized spacial score (nSPS) is 33.9. The number of hydrogen-bond acceptors (Lipinski definition) is 2. The van der Waals surface area contributed by atoms with Crippen LogP contribution in [0.5, 0.6) is 0 Å². The number of piperidine rings is 2. The van der Waals surface area contributed by atoms with E-state index >= 15 is 0 Å². The predicted octanol–water partition coefficient (Wildman–Crippen LogP) is 1.57. The van der Waals surface area contributed by atoms with Crippen molar-refractivity contribution < 1.29 is 9.59 Å². The third-order valence-corrected chi connectivity index (χ3v) is 5.36. The summed E-state index contributed by atoms with van der Waals surface area (Å²) in [5, 5.41) is 0. The second kappa shape index (κ2) is 5.62. The summed E-state index contributed by atoms with van der Waals surface area (Å²) in [6.07, 6.45) is 7.93. The van der Waals surface area contributed by atoms with Gasteiger partial charge >= 0.3 is 6.03 Å². The number of carbonyl (C=O) groups excluding carboxylic acids is 2. The molecule has 0 bridgehead atoms. The molecule has 5 heteroatoms. The molecule has 3 rings (SSSR count). The van der Waals surface area contributed by atoms with E-state index in [1.165, 1.54) is 25.7 Å². The quantitative estimate of drug-likeness (QED) is 0.791. The third kappa shape index (κ3) is 2.50. The molecule has 0 spiro atoms. The third-order valence-electron chi connectivity index (χ3n) is 5.36. The van der Waals surface area contributed by atoms with Gasteiger partial charge in [-0.1, -0.05) is 6.42 Å². The fourth-order valence-corrected chi connectivity index (χ4v) is 4.34. The summed E-state index contributed by atoms with van der Waals surface area (Å²) < 4.78 is 0. The minimum absolute atomic E-state index is 0.0319. The Kier molecular flexibility index (Phi) is 3.85. The van der Waals surface area contributed by atoms with Gasteiger partial charge in [-0.2, -0.15) is 0 Å². The van der Waals surface area contributed by atoms with Gasteiger partial charge in [0.05, 0.1) is 5.92 Å². The highest BCUT2D eigenvalue weighted by molar-refractivity contribution is 5.81. The summed E-state index contributed by atoms with van der Waals surface area (Å²) >= 11 is 0. The zero-order valence-electron chi connectivity index (χ0n) is 12.1. The second-order valence-electron chi connectivity index (χ2n) is 6.56. The Bertz CT molecular complexity index is 399. The number of fused-ring (bicyclic) bond motifs is 1. The summed E-state index contributed by atoms with van der Waals surface area (Å²) in [6.45, 7) is 2.13. The van der Waals surface area contributed by atoms with E-state index in [2.05, 4.69) is 4.90 Å². The molecule has 0 unspecified atom stereocenters. The molecule has 20 heavy (non-hydrogen) atoms. The highest BCUT2D eigenvalue weighted by atomic mass is 16.2. The molecule has 2 heterocycles. The van der Waals surface area contributed by atoms with Crippen LogP contribution in [0.15, 0.2) is 0 Å². The fraction of sp³-hybridized carbons (Fsp3) is 0.867. The van der Waals surface area contributed by atoms with Gasteiger partial charge in [0.15, 0.2) is 0 Å². The van der Waals surface area contributed by atoms with Gasteiger partial charge in [-0.05, 0) is 44.4 Å². The molecule has 1 aliphatic carbocycles. The smallest absolute Gasteiger partial charge is 0.314 e. The van der Waals surface area contributed by atoms with Gasteiger partial charge in [-0.15, -0.1) is 0 Å². The molecule has 3 amide bonds. The molecule has 2 saturated heterocycles. The lowest BCUT2D eigenvalue weighted by Gasteiger charge is -2.41. The van der Waals surface area contributed by atoms with Crippen LogP contribution < -0.4 is 5.73 Å². The molecule has 2 N–H and O–H groups in total. The van der Waals surface area contributed by atoms with Crippen LogP contribution in [0.3, 0.4) is 0 Å². The van der Waals surface area contributed by atoms with E-state index in [-0.39, 0.29) is 17.9 Å². The summed E-state index contributed by atoms with van der Waals surface area (Å²) in [5.74, 6) is 0.965. The van der Waals surface area contributed by atoms with Crippen molar-refractivity contribution in [3.63, 3.8) is 0 Å². The van der Waals surface area contributed by atoms with Crippen molar-refractivity contribution in [3.8, 4) is 0 Å². The minimum Gasteiger partial charge on any atom is -0.351 e. The number of hydrogen-bond donors (Lipinski definition) is 1. The molecule has 5 nitrogen and oxygen atoms in total. The van der Waals surface area contributed by atoms with Crippen LogP contribution in [0.2, 0.25) is 0 Å². The van der Waals surface area contributed by atoms with E-state index in [1.807, 2.05) is 0 Å². The maximum atomic E-state index is 12.8. The van der Waals surface area contributed by atoms with E-state index in [0.717, 1.165) is 31.7 Å². The summed E-state index contributed by atoms with van der Waals surface area (Å²) in [5.41, 5.74) is 5.36. The Morgan fingerprint density at radius 2 is 1.70 bits per heavy atom. The molecule has 112 valence electrons. The molecule has 3 fully saturated rings. The van der Waals surface area contributed by atoms with Gasteiger partial charge in [-0.25, -0.2) is 4.79 Å². The number of amides is 3. The standard InChI is InChI=1S/C15H25N3O2/c16-15(20)17-8-2-6-12(10-17)14(19)18-9-3-5-11-4-1-7-13(11)18/h11-13H,1-10H2,(H2,16,20)/t11-,12+,13+/m1/s1. The molecule has 0 aromatic rings. The first-order chi connectivity index (χ1) is 9.66. The highest BCUT2D eigenvalue weighted by Gasteiger charge is 2.40. The molecule has 3 aliphatic rings. The van der Waals surface area contributed by atoms with E-state index in [1.54, 1.807) is 4.90 Å². The van der Waals surface area contributed by atoms with Crippen molar-refractivity contribution in [2.24, 2.45) is 17.6 Å². The predicted molar refractivity (Wildman–Crippen MR) is 76.0 cm³/mol. The first kappa shape index (κ1) is 13.7. The van der Waals surface area contributed by atoms with Crippen LogP contribution in [0.1, 0.15) is 44.9 Å². The highest BCUT2D eigenvalue weighted by Crippen LogP contribution is 2.37. The van der Waals surface area contributed by atoms with Crippen LogP contribution in [0, 0.1) is 11.8 Å². The summed E-state index contributed by atoms with van der Waals surface area (Å²) in [6, 6.07) is 0.0834. The first-order valence-corrected chi connectivity index (χ1v) is 8.01. The van der Waals surface area contributed by atoms with Gasteiger partial charge in [-0.3, -0.25) is 4.79 Å². The Morgan fingerprint density at radius 3 is 2.50 bits per heavy atom. The van der Waals surface area contributed by atoms with E-state index < -0.39 is 0 Å². The number of nitrogens with two attached hydrogens (primary N) is 1. The maximum Gasteiger partial charge on any atom is 0.314 e. The zero-order valence-corrected chi connectivity index (χ0v) is 12.1. The fourth-order valence-electron chi connectivity index (χ4n) is 4.34. The molecule has 0 radical (unpaired) electrons. The van der Waals surface area contributed by atoms with Crippen molar-refractivity contribution in [2.45, 2.75) is 51.0 Å². The average molecular weight is 279 g/mol. The summed E-state index contributed by atoms with van der Waals surface area (Å²) in [7, 11) is 0. The van der Waals surface area contributed by atoms with Crippen LogP contribution in [-0.4, -0.2) is 47.4 Å². The Hall–Kier alpha value is -1.26. The van der Waals surface area contributed by atoms with Gasteiger partial charge in [0.25, 0.3) is 0 Å². The van der Waals surface area contributed by atoms with Crippen molar-refractivity contribution in [3.05, 3.63) is 0 Å². The lowest BCUT2D eigenvalue weighted by molar-refractivity contribution is -0.141. The van der Waals surface area contributed by atoms with Crippen LogP contribution in [0.25, 0.3) is 0 Å². The average Bonchev–Trinajstić information content (AvgIpc) is 2.95. The van der Waals surface area contributed by atoms with Gasteiger partial charge < -0.3 is 15.5 Å².